The number of ether oxygens (including phenoxy) is 1. The Morgan fingerprint density at radius 3 is 2.37 bits per heavy atom. The third-order valence-electron chi connectivity index (χ3n) is 8.16. The number of nitrogens with one attached hydrogen (secondary N) is 1. The maximum atomic E-state index is 15.7. The van der Waals surface area contributed by atoms with Gasteiger partial charge in [0, 0.05) is 30.4 Å². The van der Waals surface area contributed by atoms with Crippen molar-refractivity contribution in [3.05, 3.63) is 116 Å². The molecular weight excluding hydrogens is 615 g/mol. The molecule has 0 aliphatic heterocycles. The summed E-state index contributed by atoms with van der Waals surface area (Å²) >= 11 is 0. The number of halogens is 1. The zero-order valence-electron chi connectivity index (χ0n) is 25.1. The van der Waals surface area contributed by atoms with Gasteiger partial charge in [0.1, 0.15) is 23.2 Å². The summed E-state index contributed by atoms with van der Waals surface area (Å²) in [6, 6.07) is 19.4. The number of rotatable bonds is 9. The van der Waals surface area contributed by atoms with Gasteiger partial charge in [0.15, 0.2) is 5.82 Å². The molecule has 2 aromatic heterocycles. The molecule has 0 atom stereocenters. The zero-order valence-corrected chi connectivity index (χ0v) is 25.1. The number of hydrogen-bond acceptors (Lipinski definition) is 7. The summed E-state index contributed by atoms with van der Waals surface area (Å²) in [7, 11) is 0. The molecule has 5 aromatic rings. The first-order chi connectivity index (χ1) is 21.8. The maximum absolute atomic E-state index is 15.7. The number of aromatic nitrogens is 4. The van der Waals surface area contributed by atoms with E-state index < -0.39 is 11.6 Å². The predicted octanol–water partition coefficient (Wildman–Crippen LogP) is 5.48. The quantitative estimate of drug-likeness (QED) is 0.210. The van der Waals surface area contributed by atoms with Crippen molar-refractivity contribution in [1.82, 2.24) is 19.7 Å². The molecule has 0 amide bonds. The Hall–Kier alpha value is -3.48. The molecule has 3 aromatic carbocycles. The van der Waals surface area contributed by atoms with Gasteiger partial charge in [0.25, 0.3) is 5.56 Å². The molecule has 0 saturated heterocycles. The Balaban J connectivity index is 0.00000417. The van der Waals surface area contributed by atoms with Crippen LogP contribution in [0, 0.1) is 12.7 Å². The van der Waals surface area contributed by atoms with Crippen molar-refractivity contribution in [1.29, 1.82) is 0 Å². The van der Waals surface area contributed by atoms with Gasteiger partial charge in [-0.3, -0.25) is 23.7 Å². The molecule has 9 nitrogen and oxygen atoms in total. The molecular formula is C35H34FKN4O5. The van der Waals surface area contributed by atoms with Crippen LogP contribution in [0.1, 0.15) is 61.7 Å². The molecule has 1 N–H and O–H groups in total. The minimum atomic E-state index is -0.677. The molecule has 46 heavy (non-hydrogen) atoms. The van der Waals surface area contributed by atoms with Crippen LogP contribution >= 0.6 is 0 Å². The molecule has 0 radical (unpaired) electrons. The number of ketones is 1. The van der Waals surface area contributed by atoms with E-state index in [4.69, 9.17) is 9.72 Å². The Morgan fingerprint density at radius 2 is 1.72 bits per heavy atom. The summed E-state index contributed by atoms with van der Waals surface area (Å²) in [5.74, 6) is 0.612. The van der Waals surface area contributed by atoms with Crippen LogP contribution in [0.25, 0.3) is 28.2 Å². The number of nitrogens with zero attached hydrogens (tertiary/aromatic N) is 3. The summed E-state index contributed by atoms with van der Waals surface area (Å²) in [6.45, 7) is 3.81. The van der Waals surface area contributed by atoms with E-state index in [0.717, 1.165) is 6.42 Å². The minimum absolute atomic E-state index is 0. The van der Waals surface area contributed by atoms with Gasteiger partial charge in [-0.2, -0.15) is 0 Å². The molecule has 1 aliphatic carbocycles. The SMILES string of the molecule is CCCc1nc(C)n(-c2ccc(OC3CCC(=O)CC3)cc2)c(=O)c1Cc1ccc(-c2ccccc2-c2noc(=O)[nH]2)cc1F.[KH]. The topological polar surface area (TPSA) is 120 Å². The van der Waals surface area contributed by atoms with Crippen molar-refractivity contribution < 1.29 is 18.4 Å². The fourth-order valence-electron chi connectivity index (χ4n) is 5.88. The second kappa shape index (κ2) is 15.0. The van der Waals surface area contributed by atoms with Crippen LogP contribution in [-0.2, 0) is 17.6 Å². The molecule has 1 fully saturated rings. The Kier molecular flexibility index (Phi) is 11.0. The summed E-state index contributed by atoms with van der Waals surface area (Å²) in [5, 5.41) is 3.78. The van der Waals surface area contributed by atoms with E-state index in [1.807, 2.05) is 43.3 Å². The number of hydrogen-bond donors (Lipinski definition) is 1. The molecule has 2 heterocycles. The molecule has 0 unspecified atom stereocenters. The van der Waals surface area contributed by atoms with Crippen LogP contribution in [0.2, 0.25) is 0 Å². The second-order valence-electron chi connectivity index (χ2n) is 11.3. The Morgan fingerprint density at radius 1 is 1.00 bits per heavy atom. The summed E-state index contributed by atoms with van der Waals surface area (Å²) < 4.78 is 28.0. The number of aryl methyl sites for hydroxylation is 2. The van der Waals surface area contributed by atoms with Gasteiger partial charge in [-0.15, -0.1) is 0 Å². The average molecular weight is 649 g/mol. The van der Waals surface area contributed by atoms with E-state index in [0.29, 0.717) is 82.9 Å². The summed E-state index contributed by atoms with van der Waals surface area (Å²) in [5.41, 5.74) is 3.72. The van der Waals surface area contributed by atoms with Crippen LogP contribution in [-0.4, -0.2) is 83.0 Å². The van der Waals surface area contributed by atoms with Crippen LogP contribution in [0.4, 0.5) is 4.39 Å². The molecule has 232 valence electrons. The monoisotopic (exact) mass is 648 g/mol. The fourth-order valence-corrected chi connectivity index (χ4v) is 5.88. The average Bonchev–Trinajstić information content (AvgIpc) is 3.48. The van der Waals surface area contributed by atoms with Gasteiger partial charge in [-0.1, -0.05) is 54.9 Å². The van der Waals surface area contributed by atoms with Crippen LogP contribution in [0.3, 0.4) is 0 Å². The first-order valence-corrected chi connectivity index (χ1v) is 15.1. The van der Waals surface area contributed by atoms with Crippen molar-refractivity contribution >= 4 is 57.2 Å². The van der Waals surface area contributed by atoms with E-state index in [2.05, 4.69) is 14.7 Å². The number of carbonyl (C=O) groups is 1. The first kappa shape index (κ1) is 33.9. The van der Waals surface area contributed by atoms with Gasteiger partial charge >= 0.3 is 57.1 Å². The predicted molar refractivity (Wildman–Crippen MR) is 174 cm³/mol. The fraction of sp³-hybridized carbons (Fsp3) is 0.286. The molecule has 1 aliphatic rings. The van der Waals surface area contributed by atoms with Gasteiger partial charge in [0.05, 0.1) is 17.5 Å². The van der Waals surface area contributed by atoms with Crippen molar-refractivity contribution in [2.45, 2.75) is 64.9 Å². The van der Waals surface area contributed by atoms with E-state index in [1.54, 1.807) is 35.8 Å². The van der Waals surface area contributed by atoms with Gasteiger partial charge < -0.3 is 4.74 Å². The molecule has 1 saturated carbocycles. The van der Waals surface area contributed by atoms with Gasteiger partial charge in [-0.05, 0) is 73.2 Å². The van der Waals surface area contributed by atoms with E-state index in [-0.39, 0.29) is 81.1 Å². The normalized spacial score (nSPS) is 13.4. The first-order valence-electron chi connectivity index (χ1n) is 15.1. The number of Topliss-reactive ketones (excluding diaryl/α,β-unsaturated/α-hetero) is 1. The zero-order chi connectivity index (χ0) is 31.5. The third-order valence-corrected chi connectivity index (χ3v) is 8.16. The van der Waals surface area contributed by atoms with Crippen LogP contribution in [0.15, 0.2) is 80.8 Å². The molecule has 11 heteroatoms. The molecule has 0 bridgehead atoms. The summed E-state index contributed by atoms with van der Waals surface area (Å²) in [4.78, 5) is 44.4. The van der Waals surface area contributed by atoms with Crippen molar-refractivity contribution in [2.75, 3.05) is 0 Å². The Labute approximate surface area is 307 Å². The number of aromatic amines is 1. The van der Waals surface area contributed by atoms with Gasteiger partial charge in [0.2, 0.25) is 0 Å². The van der Waals surface area contributed by atoms with E-state index >= 15 is 4.39 Å². The standard InChI is InChI=1S/C35H33FN4O5.K.H/c1-3-6-32-30(19-23-10-9-22(20-31(23)36)28-7-4-5-8-29(28)33-38-35(43)45-39-33)34(42)40(21(2)37-32)24-11-15-26(16-12-24)44-27-17-13-25(41)14-18-27;;/h4-5,7-12,15-16,20,27H,3,6,13-14,17-19H2,1-2H3,(H,38,39,43);;. The van der Waals surface area contributed by atoms with Crippen LogP contribution in [0.5, 0.6) is 5.75 Å². The molecule has 6 rings (SSSR count). The number of H-pyrrole nitrogens is 1. The van der Waals surface area contributed by atoms with E-state index in [1.165, 1.54) is 6.07 Å². The second-order valence-corrected chi connectivity index (χ2v) is 11.3. The number of carbonyl (C=O) groups excluding carboxylic acids is 1. The van der Waals surface area contributed by atoms with Crippen molar-refractivity contribution in [3.8, 4) is 34.0 Å². The van der Waals surface area contributed by atoms with Crippen LogP contribution < -0.4 is 16.1 Å². The number of benzene rings is 3. The Bertz CT molecular complexity index is 1970. The van der Waals surface area contributed by atoms with Crippen molar-refractivity contribution in [2.24, 2.45) is 0 Å². The van der Waals surface area contributed by atoms with E-state index in [9.17, 15) is 14.4 Å². The van der Waals surface area contributed by atoms with Gasteiger partial charge in [-0.25, -0.2) is 14.2 Å². The molecule has 0 spiro atoms. The third kappa shape index (κ3) is 7.39. The summed E-state index contributed by atoms with van der Waals surface area (Å²) in [6.07, 6.45) is 3.94. The van der Waals surface area contributed by atoms with Crippen molar-refractivity contribution in [3.63, 3.8) is 0 Å².